The number of unbranched alkanes of at least 4 members (excludes halogenated alkanes) is 6. The van der Waals surface area contributed by atoms with Gasteiger partial charge >= 0.3 is 0 Å². The van der Waals surface area contributed by atoms with E-state index < -0.39 is 0 Å². The van der Waals surface area contributed by atoms with Crippen molar-refractivity contribution in [1.82, 2.24) is 0 Å². The molecule has 0 aliphatic heterocycles. The molecule has 0 radical (unpaired) electrons. The van der Waals surface area contributed by atoms with Crippen molar-refractivity contribution in [1.29, 1.82) is 0 Å². The van der Waals surface area contributed by atoms with Crippen molar-refractivity contribution in [3.63, 3.8) is 0 Å². The molecule has 0 amide bonds. The lowest BCUT2D eigenvalue weighted by Crippen LogP contribution is -1.89. The third-order valence-electron chi connectivity index (χ3n) is 3.02. The molecular weight excluding hydrogens is 310 g/mol. The molecule has 0 spiro atoms. The molecule has 0 atom stereocenters. The minimum atomic E-state index is 0.693. The highest BCUT2D eigenvalue weighted by atomic mass is 79.9. The first-order valence-electron chi connectivity index (χ1n) is 7.28. The van der Waals surface area contributed by atoms with E-state index in [0.29, 0.717) is 5.69 Å². The monoisotopic (exact) mass is 331 g/mol. The van der Waals surface area contributed by atoms with Gasteiger partial charge in [0.15, 0.2) is 0 Å². The van der Waals surface area contributed by atoms with E-state index in [1.54, 1.807) is 0 Å². The maximum absolute atomic E-state index is 5.84. The molecule has 0 unspecified atom stereocenters. The number of halogens is 1. The Hall–Kier alpha value is -1.38. The smallest absolute Gasteiger partial charge is 0.0496 e. The summed E-state index contributed by atoms with van der Waals surface area (Å²) in [6.07, 6.45) is 8.73. The lowest BCUT2D eigenvalue weighted by molar-refractivity contribution is 0.614. The maximum Gasteiger partial charge on any atom is 0.0496 e. The summed E-state index contributed by atoms with van der Waals surface area (Å²) < 4.78 is 0.982. The van der Waals surface area contributed by atoms with Crippen molar-refractivity contribution in [2.24, 2.45) is 0 Å². The number of hydrogen-bond donors (Lipinski definition) is 1. The van der Waals surface area contributed by atoms with Gasteiger partial charge in [-0.25, -0.2) is 0 Å². The average molecular weight is 332 g/mol. The second-order valence-electron chi connectivity index (χ2n) is 4.80. The Kier molecular flexibility index (Phi) is 8.68. The van der Waals surface area contributed by atoms with Crippen LogP contribution in [-0.4, -0.2) is 0 Å². The molecule has 0 fully saturated rings. The van der Waals surface area contributed by atoms with E-state index in [1.807, 2.05) is 18.2 Å². The van der Waals surface area contributed by atoms with Crippen LogP contribution in [0.1, 0.15) is 57.4 Å². The Balaban J connectivity index is 2.29. The van der Waals surface area contributed by atoms with E-state index in [-0.39, 0.29) is 0 Å². The minimum absolute atomic E-state index is 0.693. The lowest BCUT2D eigenvalue weighted by atomic mass is 10.1. The van der Waals surface area contributed by atoms with Crippen molar-refractivity contribution in [2.45, 2.75) is 51.9 Å². The van der Waals surface area contributed by atoms with E-state index in [2.05, 4.69) is 46.5 Å². The average Bonchev–Trinajstić information content (AvgIpc) is 2.44. The van der Waals surface area contributed by atoms with Gasteiger partial charge in [-0.15, -0.1) is 0 Å². The van der Waals surface area contributed by atoms with Crippen molar-refractivity contribution < 1.29 is 0 Å². The number of nitrogen functional groups attached to an aromatic ring is 1. The summed E-state index contributed by atoms with van der Waals surface area (Å²) in [5.41, 5.74) is 7.36. The molecule has 2 heteroatoms. The first-order valence-corrected chi connectivity index (χ1v) is 8.07. The van der Waals surface area contributed by atoms with Crippen LogP contribution in [0.15, 0.2) is 22.7 Å². The molecule has 0 aromatic heterocycles. The molecule has 0 saturated carbocycles. The standard InChI is InChI=1S/C18H22BrN/c1-2-3-4-5-6-7-8-9-10-11-12-16-15-17(19)13-14-18(16)20/h13-15H,2-8,20H2,1H3. The summed E-state index contributed by atoms with van der Waals surface area (Å²) in [6, 6.07) is 5.67. The first-order chi connectivity index (χ1) is 9.74. The van der Waals surface area contributed by atoms with Gasteiger partial charge in [0.05, 0.1) is 0 Å². The fraction of sp³-hybridized carbons (Fsp3) is 0.444. The third kappa shape index (κ3) is 7.27. The van der Waals surface area contributed by atoms with E-state index in [9.17, 15) is 0 Å². The predicted molar refractivity (Wildman–Crippen MR) is 91.2 cm³/mol. The van der Waals surface area contributed by atoms with Crippen molar-refractivity contribution in [3.8, 4) is 23.7 Å². The number of anilines is 1. The second kappa shape index (κ2) is 10.4. The summed E-state index contributed by atoms with van der Waals surface area (Å²) in [4.78, 5) is 0. The minimum Gasteiger partial charge on any atom is -0.398 e. The highest BCUT2D eigenvalue weighted by Gasteiger charge is 1.95. The quantitative estimate of drug-likeness (QED) is 0.436. The van der Waals surface area contributed by atoms with Crippen LogP contribution in [0.5, 0.6) is 0 Å². The van der Waals surface area contributed by atoms with Crippen LogP contribution in [-0.2, 0) is 0 Å². The van der Waals surface area contributed by atoms with Crippen LogP contribution >= 0.6 is 15.9 Å². The van der Waals surface area contributed by atoms with Crippen LogP contribution in [0.3, 0.4) is 0 Å². The molecule has 106 valence electrons. The van der Waals surface area contributed by atoms with Crippen molar-refractivity contribution in [2.75, 3.05) is 5.73 Å². The number of nitrogens with two attached hydrogens (primary N) is 1. The summed E-state index contributed by atoms with van der Waals surface area (Å²) in [6.45, 7) is 2.24. The third-order valence-corrected chi connectivity index (χ3v) is 3.51. The van der Waals surface area contributed by atoms with Gasteiger partial charge in [0.2, 0.25) is 0 Å². The number of hydrogen-bond acceptors (Lipinski definition) is 1. The molecule has 1 aromatic rings. The normalized spacial score (nSPS) is 9.30. The molecule has 1 nitrogen and oxygen atoms in total. The van der Waals surface area contributed by atoms with E-state index in [1.165, 1.54) is 38.5 Å². The second-order valence-corrected chi connectivity index (χ2v) is 5.72. The van der Waals surface area contributed by atoms with Crippen LogP contribution < -0.4 is 5.73 Å². The highest BCUT2D eigenvalue weighted by molar-refractivity contribution is 9.10. The van der Waals surface area contributed by atoms with Gasteiger partial charge in [-0.1, -0.05) is 66.8 Å². The summed E-state index contributed by atoms with van der Waals surface area (Å²) in [7, 11) is 0. The van der Waals surface area contributed by atoms with Gasteiger partial charge in [-0.3, -0.25) is 0 Å². The molecule has 1 aromatic carbocycles. The molecule has 0 aliphatic rings. The van der Waals surface area contributed by atoms with Gasteiger partial charge in [-0.2, -0.15) is 0 Å². The molecule has 0 saturated heterocycles. The van der Waals surface area contributed by atoms with E-state index in [0.717, 1.165) is 16.5 Å². The Bertz CT molecular complexity index is 526. The molecule has 20 heavy (non-hydrogen) atoms. The van der Waals surface area contributed by atoms with E-state index >= 15 is 0 Å². The maximum atomic E-state index is 5.84. The van der Waals surface area contributed by atoms with Crippen LogP contribution in [0.2, 0.25) is 0 Å². The lowest BCUT2D eigenvalue weighted by Gasteiger charge is -1.97. The molecule has 2 N–H and O–H groups in total. The van der Waals surface area contributed by atoms with Gasteiger partial charge in [-0.05, 0) is 36.5 Å². The van der Waals surface area contributed by atoms with Crippen molar-refractivity contribution in [3.05, 3.63) is 28.2 Å². The summed E-state index contributed by atoms with van der Waals surface area (Å²) in [5, 5.41) is 0. The van der Waals surface area contributed by atoms with Crippen LogP contribution in [0, 0.1) is 23.7 Å². The molecule has 0 bridgehead atoms. The van der Waals surface area contributed by atoms with E-state index in [4.69, 9.17) is 5.73 Å². The fourth-order valence-electron chi connectivity index (χ4n) is 1.84. The van der Waals surface area contributed by atoms with Gasteiger partial charge < -0.3 is 5.73 Å². The predicted octanol–water partition coefficient (Wildman–Crippen LogP) is 5.14. The van der Waals surface area contributed by atoms with Gasteiger partial charge in [0.25, 0.3) is 0 Å². The molecule has 0 aliphatic carbocycles. The number of benzene rings is 1. The largest absolute Gasteiger partial charge is 0.398 e. The van der Waals surface area contributed by atoms with Crippen LogP contribution in [0.4, 0.5) is 5.69 Å². The SMILES string of the molecule is CCCCCCCCC#CC#Cc1cc(Br)ccc1N. The molecular formula is C18H22BrN. The Morgan fingerprint density at radius 3 is 2.60 bits per heavy atom. The Labute approximate surface area is 131 Å². The Morgan fingerprint density at radius 2 is 1.80 bits per heavy atom. The van der Waals surface area contributed by atoms with Gasteiger partial charge in [0, 0.05) is 22.1 Å². The number of rotatable bonds is 6. The topological polar surface area (TPSA) is 26.0 Å². The zero-order valence-electron chi connectivity index (χ0n) is 12.1. The molecule has 1 rings (SSSR count). The fourth-order valence-corrected chi connectivity index (χ4v) is 2.20. The van der Waals surface area contributed by atoms with Crippen molar-refractivity contribution >= 4 is 21.6 Å². The zero-order valence-corrected chi connectivity index (χ0v) is 13.7. The summed E-state index contributed by atoms with van der Waals surface area (Å²) in [5.74, 6) is 11.9. The van der Waals surface area contributed by atoms with Crippen LogP contribution in [0.25, 0.3) is 0 Å². The zero-order chi connectivity index (χ0) is 14.6. The first kappa shape index (κ1) is 16.7. The Morgan fingerprint density at radius 1 is 1.05 bits per heavy atom. The molecule has 0 heterocycles. The summed E-state index contributed by atoms with van der Waals surface area (Å²) >= 11 is 3.41. The van der Waals surface area contributed by atoms with Gasteiger partial charge in [0.1, 0.15) is 0 Å². The highest BCUT2D eigenvalue weighted by Crippen LogP contribution is 2.17.